The molecule has 0 unspecified atom stereocenters. The third kappa shape index (κ3) is 3.60. The van der Waals surface area contributed by atoms with Gasteiger partial charge in [-0.3, -0.25) is 9.36 Å². The fraction of sp³-hybridized carbons (Fsp3) is 0.217. The molecule has 11 heteroatoms. The molecule has 2 aromatic carbocycles. The maximum atomic E-state index is 13.5. The van der Waals surface area contributed by atoms with E-state index in [4.69, 9.17) is 19.9 Å². The second kappa shape index (κ2) is 8.85. The number of amides is 1. The lowest BCUT2D eigenvalue weighted by Gasteiger charge is -2.14. The van der Waals surface area contributed by atoms with Gasteiger partial charge in [-0.25, -0.2) is 23.7 Å². The van der Waals surface area contributed by atoms with E-state index in [1.54, 1.807) is 19.1 Å². The number of nitrogens with two attached hydrogens (primary N) is 1. The molecule has 0 fully saturated rings. The first-order valence-corrected chi connectivity index (χ1v) is 10.2. The first kappa shape index (κ1) is 22.8. The van der Waals surface area contributed by atoms with Gasteiger partial charge in [0.15, 0.2) is 28.7 Å². The van der Waals surface area contributed by atoms with Gasteiger partial charge in [-0.1, -0.05) is 0 Å². The molecule has 10 nitrogen and oxygen atoms in total. The second-order valence-electron chi connectivity index (χ2n) is 7.18. The molecular weight excluding hydrogens is 445 g/mol. The Labute approximate surface area is 193 Å². The number of rotatable bonds is 7. The van der Waals surface area contributed by atoms with E-state index < -0.39 is 17.4 Å². The number of aryl methyl sites for hydroxylation is 1. The number of primary amides is 1. The maximum Gasteiger partial charge on any atom is 0.335 e. The summed E-state index contributed by atoms with van der Waals surface area (Å²) in [4.78, 5) is 34.6. The van der Waals surface area contributed by atoms with Crippen LogP contribution >= 0.6 is 0 Å². The minimum Gasteiger partial charge on any atom is -0.493 e. The normalized spacial score (nSPS) is 11.0. The number of aromatic nitrogens is 4. The molecule has 2 aromatic heterocycles. The third-order valence-corrected chi connectivity index (χ3v) is 5.33. The Balaban J connectivity index is 2.10. The molecule has 0 spiro atoms. The molecule has 0 radical (unpaired) electrons. The van der Waals surface area contributed by atoms with Crippen molar-refractivity contribution >= 4 is 17.1 Å². The average Bonchev–Trinajstić information content (AvgIpc) is 3.13. The van der Waals surface area contributed by atoms with Gasteiger partial charge in [0.2, 0.25) is 5.75 Å². The summed E-state index contributed by atoms with van der Waals surface area (Å²) in [6.45, 7) is 1.98. The molecular formula is C23H22FN5O5. The number of benzene rings is 2. The van der Waals surface area contributed by atoms with Crippen molar-refractivity contribution in [1.82, 2.24) is 19.1 Å². The maximum absolute atomic E-state index is 13.5. The minimum atomic E-state index is -0.834. The highest BCUT2D eigenvalue weighted by Gasteiger charge is 2.25. The standard InChI is InChI=1S/C23H22FN5O5/c1-5-28-18-17(20(25)30)26-21(12-10-15(32-2)19(34-4)16(11-12)33-3)27-22(18)29(23(28)31)14-8-6-13(24)7-9-14/h6-11H,5H2,1-4H3,(H2,25,30). The van der Waals surface area contributed by atoms with Crippen LogP contribution in [0, 0.1) is 5.82 Å². The van der Waals surface area contributed by atoms with E-state index >= 15 is 0 Å². The summed E-state index contributed by atoms with van der Waals surface area (Å²) in [6, 6.07) is 8.58. The van der Waals surface area contributed by atoms with Crippen LogP contribution in [0.4, 0.5) is 4.39 Å². The summed E-state index contributed by atoms with van der Waals surface area (Å²) < 4.78 is 32.3. The van der Waals surface area contributed by atoms with Crippen LogP contribution in [0.25, 0.3) is 28.2 Å². The Morgan fingerprint density at radius 2 is 1.65 bits per heavy atom. The Morgan fingerprint density at radius 3 is 2.15 bits per heavy atom. The van der Waals surface area contributed by atoms with Crippen molar-refractivity contribution in [1.29, 1.82) is 0 Å². The summed E-state index contributed by atoms with van der Waals surface area (Å²) in [5.41, 5.74) is 6.18. The van der Waals surface area contributed by atoms with E-state index in [1.807, 2.05) is 0 Å². The number of halogens is 1. The van der Waals surface area contributed by atoms with Gasteiger partial charge in [0.25, 0.3) is 5.91 Å². The van der Waals surface area contributed by atoms with E-state index in [1.165, 1.54) is 54.7 Å². The Morgan fingerprint density at radius 1 is 1.03 bits per heavy atom. The number of methoxy groups -OCH3 is 3. The molecule has 0 saturated heterocycles. The van der Waals surface area contributed by atoms with E-state index in [-0.39, 0.29) is 29.2 Å². The largest absolute Gasteiger partial charge is 0.493 e. The molecule has 34 heavy (non-hydrogen) atoms. The number of nitrogens with zero attached hydrogens (tertiary/aromatic N) is 4. The second-order valence-corrected chi connectivity index (χ2v) is 7.18. The SMILES string of the molecule is CCn1c(=O)n(-c2ccc(F)cc2)c2nc(-c3cc(OC)c(OC)c(OC)c3)nc(C(N)=O)c21. The van der Waals surface area contributed by atoms with Crippen LogP contribution < -0.4 is 25.6 Å². The summed E-state index contributed by atoms with van der Waals surface area (Å²) >= 11 is 0. The molecule has 0 bridgehead atoms. The predicted octanol–water partition coefficient (Wildman–Crippen LogP) is 2.53. The third-order valence-electron chi connectivity index (χ3n) is 5.33. The van der Waals surface area contributed by atoms with Crippen LogP contribution in [0.3, 0.4) is 0 Å². The van der Waals surface area contributed by atoms with Crippen LogP contribution in [-0.4, -0.2) is 46.3 Å². The van der Waals surface area contributed by atoms with Gasteiger partial charge in [0.05, 0.1) is 27.0 Å². The lowest BCUT2D eigenvalue weighted by molar-refractivity contribution is 0.0997. The zero-order valence-corrected chi connectivity index (χ0v) is 19.0. The number of carbonyl (C=O) groups excluding carboxylic acids is 1. The molecule has 2 N–H and O–H groups in total. The molecule has 0 aliphatic rings. The predicted molar refractivity (Wildman–Crippen MR) is 122 cm³/mol. The Hall–Kier alpha value is -4.41. The number of hydrogen-bond donors (Lipinski definition) is 1. The highest BCUT2D eigenvalue weighted by atomic mass is 19.1. The molecule has 0 aliphatic carbocycles. The Kier molecular flexibility index (Phi) is 5.93. The van der Waals surface area contributed by atoms with Gasteiger partial charge in [-0.05, 0) is 43.3 Å². The first-order chi connectivity index (χ1) is 16.3. The van der Waals surface area contributed by atoms with Crippen molar-refractivity contribution < 1.29 is 23.4 Å². The molecule has 176 valence electrons. The summed E-state index contributed by atoms with van der Waals surface area (Å²) in [6.07, 6.45) is 0. The van der Waals surface area contributed by atoms with Gasteiger partial charge < -0.3 is 19.9 Å². The number of ether oxygens (including phenoxy) is 3. The average molecular weight is 467 g/mol. The highest BCUT2D eigenvalue weighted by Crippen LogP contribution is 2.40. The highest BCUT2D eigenvalue weighted by molar-refractivity contribution is 6.02. The molecule has 0 aliphatic heterocycles. The first-order valence-electron chi connectivity index (χ1n) is 10.2. The zero-order valence-electron chi connectivity index (χ0n) is 19.0. The van der Waals surface area contributed by atoms with E-state index in [0.29, 0.717) is 28.5 Å². The van der Waals surface area contributed by atoms with E-state index in [2.05, 4.69) is 9.97 Å². The van der Waals surface area contributed by atoms with Crippen molar-refractivity contribution in [2.75, 3.05) is 21.3 Å². The zero-order chi connectivity index (χ0) is 24.6. The summed E-state index contributed by atoms with van der Waals surface area (Å²) in [5.74, 6) is -0.123. The van der Waals surface area contributed by atoms with Crippen LogP contribution in [-0.2, 0) is 6.54 Å². The van der Waals surface area contributed by atoms with Gasteiger partial charge in [-0.2, -0.15) is 0 Å². The Bertz CT molecular complexity index is 1430. The van der Waals surface area contributed by atoms with Gasteiger partial charge in [0.1, 0.15) is 11.3 Å². The topological polar surface area (TPSA) is 123 Å². The van der Waals surface area contributed by atoms with Crippen LogP contribution in [0.2, 0.25) is 0 Å². The fourth-order valence-corrected chi connectivity index (χ4v) is 3.78. The molecule has 2 heterocycles. The quantitative estimate of drug-likeness (QED) is 0.443. The van der Waals surface area contributed by atoms with E-state index in [9.17, 15) is 14.0 Å². The monoisotopic (exact) mass is 467 g/mol. The lowest BCUT2D eigenvalue weighted by atomic mass is 10.1. The fourth-order valence-electron chi connectivity index (χ4n) is 3.78. The summed E-state index contributed by atoms with van der Waals surface area (Å²) in [5, 5.41) is 0. The molecule has 4 rings (SSSR count). The molecule has 4 aromatic rings. The van der Waals surface area contributed by atoms with Crippen molar-refractivity contribution in [3.05, 3.63) is 58.4 Å². The molecule has 0 atom stereocenters. The summed E-state index contributed by atoms with van der Waals surface area (Å²) in [7, 11) is 4.41. The smallest absolute Gasteiger partial charge is 0.335 e. The van der Waals surface area contributed by atoms with Crippen LogP contribution in [0.1, 0.15) is 17.4 Å². The molecule has 0 saturated carbocycles. The number of fused-ring (bicyclic) bond motifs is 1. The molecule has 1 amide bonds. The van der Waals surface area contributed by atoms with Gasteiger partial charge in [0, 0.05) is 12.1 Å². The van der Waals surface area contributed by atoms with Gasteiger partial charge in [-0.15, -0.1) is 0 Å². The number of hydrogen-bond acceptors (Lipinski definition) is 7. The van der Waals surface area contributed by atoms with Crippen molar-refractivity contribution in [2.24, 2.45) is 5.73 Å². The van der Waals surface area contributed by atoms with E-state index in [0.717, 1.165) is 0 Å². The lowest BCUT2D eigenvalue weighted by Crippen LogP contribution is -2.23. The van der Waals surface area contributed by atoms with Crippen LogP contribution in [0.5, 0.6) is 17.2 Å². The van der Waals surface area contributed by atoms with Gasteiger partial charge >= 0.3 is 5.69 Å². The number of carbonyl (C=O) groups is 1. The minimum absolute atomic E-state index is 0.102. The van der Waals surface area contributed by atoms with Crippen LogP contribution in [0.15, 0.2) is 41.2 Å². The van der Waals surface area contributed by atoms with Crippen molar-refractivity contribution in [3.8, 4) is 34.3 Å². The van der Waals surface area contributed by atoms with Crippen molar-refractivity contribution in [3.63, 3.8) is 0 Å². The number of imidazole rings is 1. The van der Waals surface area contributed by atoms with Crippen molar-refractivity contribution in [2.45, 2.75) is 13.5 Å².